The predicted molar refractivity (Wildman–Crippen MR) is 50.8 cm³/mol. The number of aliphatic carboxylic acids is 1. The van der Waals surface area contributed by atoms with Gasteiger partial charge in [-0.05, 0) is 0 Å². The fraction of sp³-hybridized carbons (Fsp3) is 0.143. The number of hydrogen-bond acceptors (Lipinski definition) is 6. The number of carbonyl (C=O) groups is 1. The number of fused-ring (bicyclic) bond motifs is 1. The van der Waals surface area contributed by atoms with Crippen LogP contribution in [0.3, 0.4) is 0 Å². The lowest BCUT2D eigenvalue weighted by Crippen LogP contribution is -2.11. The number of carboxylic acid groups (broad SMARTS) is 1. The monoisotopic (exact) mass is 208 g/mol. The average molecular weight is 208 g/mol. The lowest BCUT2D eigenvalue weighted by Gasteiger charge is -2.00. The maximum Gasteiger partial charge on any atom is 0.325 e. The summed E-state index contributed by atoms with van der Waals surface area (Å²) in [6.45, 7) is -0.246. The van der Waals surface area contributed by atoms with E-state index < -0.39 is 5.97 Å². The molecule has 0 amide bonds. The van der Waals surface area contributed by atoms with E-state index in [0.29, 0.717) is 16.9 Å². The van der Waals surface area contributed by atoms with E-state index >= 15 is 0 Å². The first-order valence-electron chi connectivity index (χ1n) is 4.07. The highest BCUT2D eigenvalue weighted by Crippen LogP contribution is 2.16. The standard InChI is InChI=1S/C7H8N6O2/c8-12-6-4-1-11-13(2-5(14)15)7(4)10-3-9-6/h1,3H,2,8H2,(H,14,15)(H,9,10,12). The second kappa shape index (κ2) is 3.50. The van der Waals surface area contributed by atoms with Crippen molar-refractivity contribution in [3.8, 4) is 0 Å². The highest BCUT2D eigenvalue weighted by Gasteiger charge is 2.10. The molecule has 8 heteroatoms. The van der Waals surface area contributed by atoms with Gasteiger partial charge in [0.15, 0.2) is 11.5 Å². The van der Waals surface area contributed by atoms with Crippen LogP contribution in [0.4, 0.5) is 5.82 Å². The van der Waals surface area contributed by atoms with Crippen molar-refractivity contribution in [1.82, 2.24) is 19.7 Å². The summed E-state index contributed by atoms with van der Waals surface area (Å²) < 4.78 is 1.26. The van der Waals surface area contributed by atoms with Gasteiger partial charge >= 0.3 is 5.97 Å². The lowest BCUT2D eigenvalue weighted by molar-refractivity contribution is -0.137. The zero-order valence-corrected chi connectivity index (χ0v) is 7.58. The van der Waals surface area contributed by atoms with Crippen LogP contribution in [-0.2, 0) is 11.3 Å². The van der Waals surface area contributed by atoms with Crippen molar-refractivity contribution in [1.29, 1.82) is 0 Å². The van der Waals surface area contributed by atoms with Gasteiger partial charge in [-0.2, -0.15) is 5.10 Å². The molecule has 15 heavy (non-hydrogen) atoms. The van der Waals surface area contributed by atoms with Crippen molar-refractivity contribution in [3.63, 3.8) is 0 Å². The molecule has 2 heterocycles. The maximum absolute atomic E-state index is 10.5. The Bertz CT molecular complexity index is 507. The van der Waals surface area contributed by atoms with Gasteiger partial charge in [-0.3, -0.25) is 4.79 Å². The molecule has 0 fully saturated rings. The second-order valence-electron chi connectivity index (χ2n) is 2.80. The molecule has 2 aromatic rings. The molecular weight excluding hydrogens is 200 g/mol. The quantitative estimate of drug-likeness (QED) is 0.446. The number of hydrazine groups is 1. The summed E-state index contributed by atoms with van der Waals surface area (Å²) in [4.78, 5) is 18.3. The van der Waals surface area contributed by atoms with Crippen LogP contribution >= 0.6 is 0 Å². The van der Waals surface area contributed by atoms with Crippen LogP contribution in [0.25, 0.3) is 11.0 Å². The summed E-state index contributed by atoms with van der Waals surface area (Å²) in [6.07, 6.45) is 2.75. The van der Waals surface area contributed by atoms with Crippen LogP contribution in [0.5, 0.6) is 0 Å². The van der Waals surface area contributed by atoms with Gasteiger partial charge in [-0.25, -0.2) is 20.5 Å². The number of anilines is 1. The number of aromatic nitrogens is 4. The molecule has 0 aliphatic heterocycles. The molecule has 0 saturated heterocycles. The zero-order chi connectivity index (χ0) is 10.8. The molecule has 0 saturated carbocycles. The molecule has 4 N–H and O–H groups in total. The van der Waals surface area contributed by atoms with Crippen LogP contribution in [0, 0.1) is 0 Å². The highest BCUT2D eigenvalue weighted by atomic mass is 16.4. The van der Waals surface area contributed by atoms with E-state index in [2.05, 4.69) is 20.5 Å². The van der Waals surface area contributed by atoms with Gasteiger partial charge in [-0.15, -0.1) is 0 Å². The van der Waals surface area contributed by atoms with Crippen LogP contribution in [0.15, 0.2) is 12.5 Å². The topological polar surface area (TPSA) is 119 Å². The number of nitrogen functional groups attached to an aromatic ring is 1. The van der Waals surface area contributed by atoms with Crippen LogP contribution in [0.2, 0.25) is 0 Å². The summed E-state index contributed by atoms with van der Waals surface area (Å²) in [6, 6.07) is 0. The first-order valence-corrected chi connectivity index (χ1v) is 4.07. The van der Waals surface area contributed by atoms with Gasteiger partial charge in [0.25, 0.3) is 0 Å². The normalized spacial score (nSPS) is 10.5. The molecule has 0 atom stereocenters. The van der Waals surface area contributed by atoms with E-state index in [9.17, 15) is 4.79 Å². The molecule has 0 aliphatic rings. The Labute approximate surface area is 83.7 Å². The van der Waals surface area contributed by atoms with Crippen molar-refractivity contribution >= 4 is 22.8 Å². The Morgan fingerprint density at radius 2 is 2.40 bits per heavy atom. The Kier molecular flexibility index (Phi) is 2.18. The molecule has 0 aromatic carbocycles. The molecule has 78 valence electrons. The third-order valence-corrected chi connectivity index (χ3v) is 1.86. The number of rotatable bonds is 3. The molecule has 0 bridgehead atoms. The van der Waals surface area contributed by atoms with Gasteiger partial charge in [0.2, 0.25) is 0 Å². The number of nitrogens with one attached hydrogen (secondary N) is 1. The summed E-state index contributed by atoms with van der Waals surface area (Å²) in [5.41, 5.74) is 2.82. The van der Waals surface area contributed by atoms with Crippen molar-refractivity contribution in [2.75, 3.05) is 5.43 Å². The van der Waals surface area contributed by atoms with Gasteiger partial charge in [-0.1, -0.05) is 0 Å². The Morgan fingerprint density at radius 1 is 1.60 bits per heavy atom. The smallest absolute Gasteiger partial charge is 0.325 e. The van der Waals surface area contributed by atoms with Crippen LogP contribution < -0.4 is 11.3 Å². The third-order valence-electron chi connectivity index (χ3n) is 1.86. The Balaban J connectivity index is 2.55. The van der Waals surface area contributed by atoms with Gasteiger partial charge in [0, 0.05) is 0 Å². The Hall–Kier alpha value is -2.22. The maximum atomic E-state index is 10.5. The summed E-state index contributed by atoms with van der Waals surface area (Å²) in [5.74, 6) is 4.66. The number of nitrogens with two attached hydrogens (primary N) is 1. The van der Waals surface area contributed by atoms with Gasteiger partial charge in [0.05, 0.1) is 11.6 Å². The van der Waals surface area contributed by atoms with Crippen molar-refractivity contribution < 1.29 is 9.90 Å². The fourth-order valence-corrected chi connectivity index (χ4v) is 1.25. The van der Waals surface area contributed by atoms with Crippen molar-refractivity contribution in [2.45, 2.75) is 6.54 Å². The summed E-state index contributed by atoms with van der Waals surface area (Å²) in [7, 11) is 0. The summed E-state index contributed by atoms with van der Waals surface area (Å²) in [5, 5.41) is 13.1. The lowest BCUT2D eigenvalue weighted by atomic mass is 10.4. The van der Waals surface area contributed by atoms with Crippen LogP contribution in [0.1, 0.15) is 0 Å². The molecule has 8 nitrogen and oxygen atoms in total. The minimum Gasteiger partial charge on any atom is -0.480 e. The molecular formula is C7H8N6O2. The first kappa shape index (κ1) is 9.34. The summed E-state index contributed by atoms with van der Waals surface area (Å²) >= 11 is 0. The minimum absolute atomic E-state index is 0.246. The second-order valence-corrected chi connectivity index (χ2v) is 2.80. The number of carboxylic acids is 1. The van der Waals surface area contributed by atoms with Gasteiger partial charge < -0.3 is 10.5 Å². The van der Waals surface area contributed by atoms with Crippen molar-refractivity contribution in [3.05, 3.63) is 12.5 Å². The molecule has 0 spiro atoms. The molecule has 0 radical (unpaired) electrons. The van der Waals surface area contributed by atoms with Crippen molar-refractivity contribution in [2.24, 2.45) is 5.84 Å². The number of hydrogen-bond donors (Lipinski definition) is 3. The van der Waals surface area contributed by atoms with E-state index in [1.807, 2.05) is 0 Å². The van der Waals surface area contributed by atoms with Crippen LogP contribution in [-0.4, -0.2) is 30.8 Å². The molecule has 2 rings (SSSR count). The van der Waals surface area contributed by atoms with E-state index in [0.717, 1.165) is 0 Å². The Morgan fingerprint density at radius 3 is 3.07 bits per heavy atom. The predicted octanol–water partition coefficient (Wildman–Crippen LogP) is -0.804. The van der Waals surface area contributed by atoms with E-state index in [4.69, 9.17) is 10.9 Å². The molecule has 2 aromatic heterocycles. The van der Waals surface area contributed by atoms with Gasteiger partial charge in [0.1, 0.15) is 12.9 Å². The fourth-order valence-electron chi connectivity index (χ4n) is 1.25. The van der Waals surface area contributed by atoms with E-state index in [-0.39, 0.29) is 6.54 Å². The SMILES string of the molecule is NNc1ncnc2c1cnn2CC(=O)O. The third kappa shape index (κ3) is 1.57. The highest BCUT2D eigenvalue weighted by molar-refractivity contribution is 5.86. The average Bonchev–Trinajstić information content (AvgIpc) is 2.61. The minimum atomic E-state index is -0.985. The number of nitrogens with zero attached hydrogens (tertiary/aromatic N) is 4. The first-order chi connectivity index (χ1) is 7.22. The zero-order valence-electron chi connectivity index (χ0n) is 7.58. The van der Waals surface area contributed by atoms with E-state index in [1.54, 1.807) is 0 Å². The van der Waals surface area contributed by atoms with E-state index in [1.165, 1.54) is 17.2 Å². The molecule has 0 aliphatic carbocycles. The molecule has 0 unspecified atom stereocenters. The largest absolute Gasteiger partial charge is 0.480 e.